The molecule has 1 aromatic heterocycles. The maximum absolute atomic E-state index is 14.6. The molecule has 2 aliphatic rings. The van der Waals surface area contributed by atoms with Gasteiger partial charge in [0.25, 0.3) is 0 Å². The molecule has 0 spiro atoms. The van der Waals surface area contributed by atoms with E-state index in [2.05, 4.69) is 82.5 Å². The van der Waals surface area contributed by atoms with Crippen LogP contribution in [0.2, 0.25) is 0 Å². The van der Waals surface area contributed by atoms with Gasteiger partial charge in [0.15, 0.2) is 0 Å². The Hall–Kier alpha value is -3.95. The van der Waals surface area contributed by atoms with Crippen LogP contribution in [0, 0.1) is 6.92 Å². The van der Waals surface area contributed by atoms with Crippen LogP contribution >= 0.6 is 11.8 Å². The fourth-order valence-corrected chi connectivity index (χ4v) is 7.44. The molecule has 9 heteroatoms. The van der Waals surface area contributed by atoms with Gasteiger partial charge in [-0.15, -0.1) is 11.8 Å². The normalized spacial score (nSPS) is 16.6. The highest BCUT2D eigenvalue weighted by Crippen LogP contribution is 2.37. The number of aromatic nitrogens is 1. The highest BCUT2D eigenvalue weighted by atomic mass is 32.2. The van der Waals surface area contributed by atoms with Gasteiger partial charge in [-0.2, -0.15) is 0 Å². The minimum Gasteiger partial charge on any atom is -0.368 e. The van der Waals surface area contributed by atoms with Gasteiger partial charge in [-0.05, 0) is 62.0 Å². The summed E-state index contributed by atoms with van der Waals surface area (Å²) >= 11 is 1.78. The van der Waals surface area contributed by atoms with Crippen LogP contribution in [0.3, 0.4) is 0 Å². The molecular formula is C35H42N6O2S. The van der Waals surface area contributed by atoms with Crippen molar-refractivity contribution in [2.75, 3.05) is 62.4 Å². The zero-order valence-corrected chi connectivity index (χ0v) is 26.9. The molecule has 3 aromatic carbocycles. The molecular weight excluding hydrogens is 568 g/mol. The molecule has 6 rings (SSSR count). The molecule has 0 unspecified atom stereocenters. The number of fused-ring (bicyclic) bond motifs is 2. The number of hydrogen-bond donors (Lipinski definition) is 2. The van der Waals surface area contributed by atoms with Crippen molar-refractivity contribution >= 4 is 46.0 Å². The maximum atomic E-state index is 14.6. The molecule has 0 aliphatic carbocycles. The van der Waals surface area contributed by atoms with Crippen molar-refractivity contribution in [1.82, 2.24) is 20.1 Å². The number of anilines is 2. The van der Waals surface area contributed by atoms with Crippen molar-refractivity contribution < 1.29 is 9.59 Å². The summed E-state index contributed by atoms with van der Waals surface area (Å²) in [6.45, 7) is 8.26. The number of piperazine rings is 1. The van der Waals surface area contributed by atoms with Crippen molar-refractivity contribution in [3.8, 4) is 0 Å². The molecule has 0 saturated carbocycles. The number of benzene rings is 3. The van der Waals surface area contributed by atoms with Crippen LogP contribution in [-0.4, -0.2) is 85.3 Å². The molecule has 2 aliphatic heterocycles. The third kappa shape index (κ3) is 6.16. The minimum absolute atomic E-state index is 0.0711. The number of para-hydroxylation sites is 2. The average Bonchev–Trinajstić information content (AvgIpc) is 3.47. The number of nitrogens with zero attached hydrogens (tertiary/aromatic N) is 4. The van der Waals surface area contributed by atoms with E-state index in [9.17, 15) is 9.59 Å². The summed E-state index contributed by atoms with van der Waals surface area (Å²) in [5.41, 5.74) is 6.58. The lowest BCUT2D eigenvalue weighted by Gasteiger charge is -2.39. The van der Waals surface area contributed by atoms with E-state index in [1.165, 1.54) is 11.3 Å². The van der Waals surface area contributed by atoms with Crippen molar-refractivity contribution in [2.45, 2.75) is 37.2 Å². The van der Waals surface area contributed by atoms with Crippen LogP contribution in [0.1, 0.15) is 29.5 Å². The number of nitrogens with one attached hydrogen (secondary N) is 2. The van der Waals surface area contributed by atoms with Gasteiger partial charge in [0.1, 0.15) is 6.04 Å². The average molecular weight is 611 g/mol. The van der Waals surface area contributed by atoms with Crippen molar-refractivity contribution in [2.24, 2.45) is 0 Å². The van der Waals surface area contributed by atoms with Crippen LogP contribution in [0.5, 0.6) is 0 Å². The van der Waals surface area contributed by atoms with Crippen LogP contribution in [0.15, 0.2) is 77.8 Å². The molecule has 4 aromatic rings. The molecule has 44 heavy (non-hydrogen) atoms. The highest BCUT2D eigenvalue weighted by molar-refractivity contribution is 7.99. The SMILES string of the molecule is Cc1ccccc1N1CCN(C(=O)N[C@@H](C(=O)N2CCSc3ccc(CN(C)C)cc32)[C@@H](C)c2c[nH]c3ccccc23)CC1. The number of carbonyl (C=O) groups is 2. The van der Waals surface area contributed by atoms with Crippen molar-refractivity contribution in [1.29, 1.82) is 0 Å². The van der Waals surface area contributed by atoms with Gasteiger partial charge in [0.05, 0.1) is 5.69 Å². The Labute approximate surface area is 264 Å². The fraction of sp³-hybridized carbons (Fsp3) is 0.371. The smallest absolute Gasteiger partial charge is 0.318 e. The summed E-state index contributed by atoms with van der Waals surface area (Å²) in [6.07, 6.45) is 1.98. The number of urea groups is 1. The molecule has 2 atom stereocenters. The van der Waals surface area contributed by atoms with Crippen LogP contribution in [-0.2, 0) is 11.3 Å². The van der Waals surface area contributed by atoms with E-state index < -0.39 is 6.04 Å². The lowest BCUT2D eigenvalue weighted by atomic mass is 9.91. The standard InChI is InChI=1S/C35H42N6O2S/c1-24-9-5-8-12-30(24)39-15-17-40(18-16-39)35(43)37-33(25(2)28-22-36-29-11-7-6-10-27(28)29)34(42)41-19-20-44-32-14-13-26(21-31(32)41)23-38(3)4/h5-14,21-22,25,33,36H,15-20,23H2,1-4H3,(H,37,43)/t25-,33+/m0/s1. The van der Waals surface area contributed by atoms with Crippen LogP contribution < -0.4 is 15.1 Å². The zero-order valence-electron chi connectivity index (χ0n) is 26.0. The maximum Gasteiger partial charge on any atom is 0.318 e. The summed E-state index contributed by atoms with van der Waals surface area (Å²) < 4.78 is 0. The Morgan fingerprint density at radius 3 is 2.48 bits per heavy atom. The second-order valence-corrected chi connectivity index (χ2v) is 13.3. The first-order valence-corrected chi connectivity index (χ1v) is 16.4. The quantitative estimate of drug-likeness (QED) is 0.282. The summed E-state index contributed by atoms with van der Waals surface area (Å²) in [4.78, 5) is 41.2. The van der Waals surface area contributed by atoms with E-state index >= 15 is 0 Å². The Kier molecular flexibility index (Phi) is 8.86. The van der Waals surface area contributed by atoms with Gasteiger partial charge >= 0.3 is 6.03 Å². The summed E-state index contributed by atoms with van der Waals surface area (Å²) in [5, 5.41) is 4.30. The van der Waals surface area contributed by atoms with Crippen LogP contribution in [0.25, 0.3) is 10.9 Å². The van der Waals surface area contributed by atoms with Crippen LogP contribution in [0.4, 0.5) is 16.2 Å². The molecule has 230 valence electrons. The topological polar surface area (TPSA) is 74.9 Å². The highest BCUT2D eigenvalue weighted by Gasteiger charge is 2.36. The summed E-state index contributed by atoms with van der Waals surface area (Å²) in [6, 6.07) is 22.0. The van der Waals surface area contributed by atoms with E-state index in [-0.39, 0.29) is 17.9 Å². The van der Waals surface area contributed by atoms with Gasteiger partial charge in [-0.25, -0.2) is 4.79 Å². The van der Waals surface area contributed by atoms with Gasteiger partial charge in [-0.3, -0.25) is 4.79 Å². The van der Waals surface area contributed by atoms with E-state index in [0.29, 0.717) is 19.6 Å². The lowest BCUT2D eigenvalue weighted by Crippen LogP contribution is -2.58. The zero-order chi connectivity index (χ0) is 30.8. The number of hydrogen-bond acceptors (Lipinski definition) is 5. The van der Waals surface area contributed by atoms with Crippen molar-refractivity contribution in [3.63, 3.8) is 0 Å². The number of rotatable bonds is 7. The Morgan fingerprint density at radius 2 is 1.70 bits per heavy atom. The Bertz CT molecular complexity index is 1640. The molecule has 1 saturated heterocycles. The van der Waals surface area contributed by atoms with Gasteiger partial charge in [-0.1, -0.05) is 49.4 Å². The number of thioether (sulfide) groups is 1. The summed E-state index contributed by atoms with van der Waals surface area (Å²) in [5.74, 6) is 0.492. The van der Waals surface area contributed by atoms with E-state index in [1.807, 2.05) is 48.3 Å². The first-order valence-electron chi connectivity index (χ1n) is 15.4. The molecule has 1 fully saturated rings. The predicted molar refractivity (Wildman–Crippen MR) is 181 cm³/mol. The molecule has 3 heterocycles. The van der Waals surface area contributed by atoms with Crippen molar-refractivity contribution in [3.05, 3.63) is 89.6 Å². The summed E-state index contributed by atoms with van der Waals surface area (Å²) in [7, 11) is 4.10. The Morgan fingerprint density at radius 1 is 0.955 bits per heavy atom. The third-order valence-electron chi connectivity index (χ3n) is 8.83. The molecule has 3 amide bonds. The lowest BCUT2D eigenvalue weighted by molar-refractivity contribution is -0.120. The monoisotopic (exact) mass is 610 g/mol. The number of carbonyl (C=O) groups excluding carboxylic acids is 2. The van der Waals surface area contributed by atoms with Gasteiger partial charge in [0, 0.05) is 78.6 Å². The second-order valence-electron chi connectivity index (χ2n) is 12.1. The number of aromatic amines is 1. The number of H-pyrrole nitrogens is 1. The molecule has 8 nitrogen and oxygen atoms in total. The molecule has 2 N–H and O–H groups in total. The first-order chi connectivity index (χ1) is 21.3. The van der Waals surface area contributed by atoms with E-state index in [0.717, 1.165) is 58.0 Å². The predicted octanol–water partition coefficient (Wildman–Crippen LogP) is 5.68. The van der Waals surface area contributed by atoms with Gasteiger partial charge < -0.3 is 29.9 Å². The van der Waals surface area contributed by atoms with Gasteiger partial charge in [0.2, 0.25) is 5.91 Å². The van der Waals surface area contributed by atoms with E-state index in [4.69, 9.17) is 0 Å². The fourth-order valence-electron chi connectivity index (χ4n) is 6.47. The number of amides is 3. The Balaban J connectivity index is 1.27. The second kappa shape index (κ2) is 13.0. The third-order valence-corrected chi connectivity index (χ3v) is 9.87. The minimum atomic E-state index is -0.732. The van der Waals surface area contributed by atoms with E-state index in [1.54, 1.807) is 11.8 Å². The molecule has 0 radical (unpaired) electrons. The first kappa shape index (κ1) is 30.1. The molecule has 0 bridgehead atoms. The largest absolute Gasteiger partial charge is 0.368 e. The number of aryl methyl sites for hydroxylation is 1.